The van der Waals surface area contributed by atoms with Crippen LogP contribution in [0.5, 0.6) is 5.88 Å². The minimum absolute atomic E-state index is 0.205. The molecule has 0 spiro atoms. The summed E-state index contributed by atoms with van der Waals surface area (Å²) in [6, 6.07) is 1.94. The Kier molecular flexibility index (Phi) is 2.96. The summed E-state index contributed by atoms with van der Waals surface area (Å²) in [5.41, 5.74) is 0.929. The fraction of sp³-hybridized carbons (Fsp3) is 0.500. The van der Waals surface area contributed by atoms with E-state index < -0.39 is 0 Å². The molecule has 0 aromatic carbocycles. The first-order valence-electron chi connectivity index (χ1n) is 4.20. The Balaban J connectivity index is 2.96. The van der Waals surface area contributed by atoms with Crippen molar-refractivity contribution in [2.24, 2.45) is 0 Å². The summed E-state index contributed by atoms with van der Waals surface area (Å²) in [7, 11) is 0. The minimum atomic E-state index is -0.205. The van der Waals surface area contributed by atoms with Crippen molar-refractivity contribution in [3.63, 3.8) is 0 Å². The van der Waals surface area contributed by atoms with Gasteiger partial charge in [-0.15, -0.1) is 0 Å². The van der Waals surface area contributed by atoms with Crippen LogP contribution < -0.4 is 4.74 Å². The third-order valence-corrected chi connectivity index (χ3v) is 2.42. The van der Waals surface area contributed by atoms with Crippen molar-refractivity contribution >= 4 is 15.9 Å². The van der Waals surface area contributed by atoms with E-state index in [0.717, 1.165) is 10.0 Å². The van der Waals surface area contributed by atoms with Crippen LogP contribution in [0.1, 0.15) is 26.3 Å². The van der Waals surface area contributed by atoms with E-state index in [2.05, 4.69) is 20.9 Å². The van der Waals surface area contributed by atoms with Crippen molar-refractivity contribution in [1.29, 1.82) is 0 Å². The van der Waals surface area contributed by atoms with Gasteiger partial charge in [0.05, 0.1) is 4.47 Å². The van der Waals surface area contributed by atoms with E-state index >= 15 is 0 Å². The average molecular weight is 244 g/mol. The summed E-state index contributed by atoms with van der Waals surface area (Å²) in [4.78, 5) is 4.16. The Morgan fingerprint density at radius 1 is 1.38 bits per heavy atom. The Bertz CT molecular complexity index is 304. The van der Waals surface area contributed by atoms with Gasteiger partial charge in [-0.25, -0.2) is 4.98 Å². The first kappa shape index (κ1) is 10.5. The van der Waals surface area contributed by atoms with E-state index in [0.29, 0.717) is 5.88 Å². The summed E-state index contributed by atoms with van der Waals surface area (Å²) < 4.78 is 6.59. The standard InChI is InChI=1S/C10H14BrNO/c1-7-5-6-12-9(8(7)11)13-10(2,3)4/h5-6H,1-4H3. The van der Waals surface area contributed by atoms with Crippen LogP contribution in [-0.4, -0.2) is 10.6 Å². The summed E-state index contributed by atoms with van der Waals surface area (Å²) in [5, 5.41) is 0. The molecule has 0 aliphatic heterocycles. The van der Waals surface area contributed by atoms with Crippen molar-refractivity contribution < 1.29 is 4.74 Å². The molecule has 0 N–H and O–H groups in total. The van der Waals surface area contributed by atoms with Crippen LogP contribution in [0.3, 0.4) is 0 Å². The van der Waals surface area contributed by atoms with Gasteiger partial charge in [0.1, 0.15) is 5.60 Å². The van der Waals surface area contributed by atoms with E-state index in [1.165, 1.54) is 0 Å². The molecule has 1 aromatic heterocycles. The Morgan fingerprint density at radius 2 is 2.00 bits per heavy atom. The van der Waals surface area contributed by atoms with Crippen LogP contribution in [0.2, 0.25) is 0 Å². The van der Waals surface area contributed by atoms with Crippen molar-refractivity contribution in [2.75, 3.05) is 0 Å². The van der Waals surface area contributed by atoms with Gasteiger partial charge in [-0.1, -0.05) is 0 Å². The van der Waals surface area contributed by atoms with Gasteiger partial charge in [0.15, 0.2) is 0 Å². The monoisotopic (exact) mass is 243 g/mol. The number of ether oxygens (including phenoxy) is 1. The van der Waals surface area contributed by atoms with E-state index in [1.807, 2.05) is 33.8 Å². The number of hydrogen-bond acceptors (Lipinski definition) is 2. The highest BCUT2D eigenvalue weighted by Gasteiger charge is 2.15. The lowest BCUT2D eigenvalue weighted by atomic mass is 10.2. The fourth-order valence-electron chi connectivity index (χ4n) is 0.876. The third kappa shape index (κ3) is 2.99. The smallest absolute Gasteiger partial charge is 0.228 e. The van der Waals surface area contributed by atoms with Gasteiger partial charge in [-0.3, -0.25) is 0 Å². The lowest BCUT2D eigenvalue weighted by Gasteiger charge is -2.21. The number of nitrogens with zero attached hydrogens (tertiary/aromatic N) is 1. The quantitative estimate of drug-likeness (QED) is 0.755. The molecule has 13 heavy (non-hydrogen) atoms. The van der Waals surface area contributed by atoms with E-state index in [1.54, 1.807) is 6.20 Å². The average Bonchev–Trinajstić information content (AvgIpc) is 1.96. The molecular formula is C10H14BrNO. The normalized spacial score (nSPS) is 11.5. The minimum Gasteiger partial charge on any atom is -0.471 e. The topological polar surface area (TPSA) is 22.1 Å². The molecule has 3 heteroatoms. The zero-order chi connectivity index (χ0) is 10.1. The molecule has 0 aliphatic rings. The van der Waals surface area contributed by atoms with Gasteiger partial charge < -0.3 is 4.74 Å². The molecule has 0 bridgehead atoms. The van der Waals surface area contributed by atoms with Crippen LogP contribution >= 0.6 is 15.9 Å². The zero-order valence-corrected chi connectivity index (χ0v) is 9.97. The molecule has 0 aliphatic carbocycles. The summed E-state index contributed by atoms with van der Waals surface area (Å²) in [6.07, 6.45) is 1.75. The van der Waals surface area contributed by atoms with Gasteiger partial charge in [0.25, 0.3) is 0 Å². The maximum atomic E-state index is 5.66. The molecule has 0 saturated carbocycles. The number of rotatable bonds is 1. The van der Waals surface area contributed by atoms with Gasteiger partial charge in [0.2, 0.25) is 5.88 Å². The fourth-order valence-corrected chi connectivity index (χ4v) is 1.19. The molecule has 0 unspecified atom stereocenters. The van der Waals surface area contributed by atoms with Gasteiger partial charge in [-0.05, 0) is 55.3 Å². The van der Waals surface area contributed by atoms with E-state index in [-0.39, 0.29) is 5.60 Å². The molecule has 0 atom stereocenters. The van der Waals surface area contributed by atoms with Crippen LogP contribution in [0.25, 0.3) is 0 Å². The van der Waals surface area contributed by atoms with Crippen LogP contribution in [0.15, 0.2) is 16.7 Å². The maximum Gasteiger partial charge on any atom is 0.228 e. The first-order valence-corrected chi connectivity index (χ1v) is 4.99. The van der Waals surface area contributed by atoms with Crippen LogP contribution in [-0.2, 0) is 0 Å². The largest absolute Gasteiger partial charge is 0.471 e. The maximum absolute atomic E-state index is 5.66. The highest BCUT2D eigenvalue weighted by atomic mass is 79.9. The number of pyridine rings is 1. The molecule has 0 amide bonds. The Labute approximate surface area is 87.5 Å². The lowest BCUT2D eigenvalue weighted by molar-refractivity contribution is 0.123. The molecule has 72 valence electrons. The number of aryl methyl sites for hydroxylation is 1. The molecule has 1 heterocycles. The Morgan fingerprint density at radius 3 is 2.54 bits per heavy atom. The van der Waals surface area contributed by atoms with E-state index in [4.69, 9.17) is 4.74 Å². The van der Waals surface area contributed by atoms with Crippen LogP contribution in [0, 0.1) is 6.92 Å². The third-order valence-electron chi connectivity index (χ3n) is 1.45. The summed E-state index contributed by atoms with van der Waals surface area (Å²) in [6.45, 7) is 8.03. The number of aromatic nitrogens is 1. The summed E-state index contributed by atoms with van der Waals surface area (Å²) in [5.74, 6) is 0.660. The molecule has 1 aromatic rings. The molecule has 0 radical (unpaired) electrons. The summed E-state index contributed by atoms with van der Waals surface area (Å²) >= 11 is 3.45. The first-order chi connectivity index (χ1) is 5.90. The van der Waals surface area contributed by atoms with Crippen molar-refractivity contribution in [3.8, 4) is 5.88 Å². The predicted octanol–water partition coefficient (Wildman–Crippen LogP) is 3.33. The zero-order valence-electron chi connectivity index (χ0n) is 8.39. The second kappa shape index (κ2) is 3.66. The second-order valence-corrected chi connectivity index (χ2v) is 4.75. The van der Waals surface area contributed by atoms with Gasteiger partial charge in [0, 0.05) is 6.20 Å². The SMILES string of the molecule is Cc1ccnc(OC(C)(C)C)c1Br. The van der Waals surface area contributed by atoms with E-state index in [9.17, 15) is 0 Å². The molecule has 0 fully saturated rings. The highest BCUT2D eigenvalue weighted by molar-refractivity contribution is 9.10. The molecule has 2 nitrogen and oxygen atoms in total. The number of halogens is 1. The molecule has 1 rings (SSSR count). The van der Waals surface area contributed by atoms with Gasteiger partial charge >= 0.3 is 0 Å². The highest BCUT2D eigenvalue weighted by Crippen LogP contribution is 2.28. The van der Waals surface area contributed by atoms with Crippen LogP contribution in [0.4, 0.5) is 0 Å². The lowest BCUT2D eigenvalue weighted by Crippen LogP contribution is -2.23. The van der Waals surface area contributed by atoms with Crippen molar-refractivity contribution in [3.05, 3.63) is 22.3 Å². The predicted molar refractivity (Wildman–Crippen MR) is 57.1 cm³/mol. The van der Waals surface area contributed by atoms with Crippen molar-refractivity contribution in [1.82, 2.24) is 4.98 Å². The number of hydrogen-bond donors (Lipinski definition) is 0. The van der Waals surface area contributed by atoms with Gasteiger partial charge in [-0.2, -0.15) is 0 Å². The Hall–Kier alpha value is -0.570. The van der Waals surface area contributed by atoms with Crippen molar-refractivity contribution in [2.45, 2.75) is 33.3 Å². The second-order valence-electron chi connectivity index (χ2n) is 3.96. The molecule has 0 saturated heterocycles. The molecular weight excluding hydrogens is 230 g/mol.